The predicted octanol–water partition coefficient (Wildman–Crippen LogP) is 4.05. The Balaban J connectivity index is 2.41. The molecule has 4 nitrogen and oxygen atoms in total. The highest BCUT2D eigenvalue weighted by atomic mass is 35.5. The summed E-state index contributed by atoms with van der Waals surface area (Å²) in [5, 5.41) is 1.35. The largest absolute Gasteiger partial charge is 0.225 e. The van der Waals surface area contributed by atoms with Crippen molar-refractivity contribution in [3.05, 3.63) is 22.4 Å². The van der Waals surface area contributed by atoms with E-state index in [9.17, 15) is 0 Å². The van der Waals surface area contributed by atoms with E-state index >= 15 is 0 Å². The van der Waals surface area contributed by atoms with E-state index < -0.39 is 0 Å². The number of rotatable bonds is 2. The molecule has 0 atom stereocenters. The zero-order chi connectivity index (χ0) is 14.2. The van der Waals surface area contributed by atoms with Gasteiger partial charge in [-0.25, -0.2) is 15.0 Å². The summed E-state index contributed by atoms with van der Waals surface area (Å²) in [6, 6.07) is 0. The molecule has 0 aliphatic carbocycles. The Bertz CT molecular complexity index is 604. The fourth-order valence-corrected chi connectivity index (χ4v) is 3.18. The van der Waals surface area contributed by atoms with Gasteiger partial charge in [-0.2, -0.15) is 4.37 Å². The Morgan fingerprint density at radius 3 is 2.32 bits per heavy atom. The molecule has 2 rings (SSSR count). The Morgan fingerprint density at radius 1 is 1.11 bits per heavy atom. The predicted molar refractivity (Wildman–Crippen MR) is 79.2 cm³/mol. The SMILES string of the molecule is Cc1nsc(Sc2nc(C(C)(C)C)nc(Cl)c2C)n1. The van der Waals surface area contributed by atoms with Gasteiger partial charge in [0.25, 0.3) is 0 Å². The smallest absolute Gasteiger partial charge is 0.176 e. The molecular weight excluding hydrogens is 300 g/mol. The molecule has 0 saturated heterocycles. The van der Waals surface area contributed by atoms with Crippen LogP contribution in [0.25, 0.3) is 0 Å². The Labute approximate surface area is 126 Å². The van der Waals surface area contributed by atoms with Crippen LogP contribution in [0.15, 0.2) is 9.37 Å². The average molecular weight is 315 g/mol. The second-order valence-electron chi connectivity index (χ2n) is 5.23. The van der Waals surface area contributed by atoms with Crippen LogP contribution in [0, 0.1) is 13.8 Å². The zero-order valence-electron chi connectivity index (χ0n) is 11.5. The van der Waals surface area contributed by atoms with Crippen molar-refractivity contribution in [2.24, 2.45) is 0 Å². The molecule has 0 bridgehead atoms. The number of halogens is 1. The van der Waals surface area contributed by atoms with Gasteiger partial charge in [-0.3, -0.25) is 0 Å². The average Bonchev–Trinajstić information content (AvgIpc) is 2.69. The van der Waals surface area contributed by atoms with Gasteiger partial charge in [0.1, 0.15) is 21.8 Å². The van der Waals surface area contributed by atoms with Gasteiger partial charge in [0.2, 0.25) is 0 Å². The lowest BCUT2D eigenvalue weighted by Gasteiger charge is -2.18. The van der Waals surface area contributed by atoms with Crippen molar-refractivity contribution < 1.29 is 0 Å². The molecule has 0 unspecified atom stereocenters. The van der Waals surface area contributed by atoms with Crippen LogP contribution in [0.1, 0.15) is 38.0 Å². The minimum atomic E-state index is -0.135. The van der Waals surface area contributed by atoms with Crippen LogP contribution in [0.2, 0.25) is 5.15 Å². The van der Waals surface area contributed by atoms with Crippen molar-refractivity contribution in [3.8, 4) is 0 Å². The summed E-state index contributed by atoms with van der Waals surface area (Å²) in [6.45, 7) is 10.00. The van der Waals surface area contributed by atoms with Crippen LogP contribution in [0.4, 0.5) is 0 Å². The summed E-state index contributed by atoms with van der Waals surface area (Å²) in [4.78, 5) is 13.3. The summed E-state index contributed by atoms with van der Waals surface area (Å²) < 4.78 is 5.04. The van der Waals surface area contributed by atoms with Gasteiger partial charge in [-0.1, -0.05) is 32.4 Å². The first-order chi connectivity index (χ1) is 8.77. The topological polar surface area (TPSA) is 51.6 Å². The molecule has 0 aromatic carbocycles. The van der Waals surface area contributed by atoms with Crippen LogP contribution in [0.3, 0.4) is 0 Å². The normalized spacial score (nSPS) is 11.9. The number of hydrogen-bond donors (Lipinski definition) is 0. The first-order valence-corrected chi connectivity index (χ1v) is 7.77. The van der Waals surface area contributed by atoms with E-state index in [-0.39, 0.29) is 5.41 Å². The molecule has 0 spiro atoms. The molecule has 7 heteroatoms. The van der Waals surface area contributed by atoms with Crippen LogP contribution >= 0.6 is 34.9 Å². The van der Waals surface area contributed by atoms with E-state index in [4.69, 9.17) is 11.6 Å². The van der Waals surface area contributed by atoms with E-state index in [1.165, 1.54) is 23.3 Å². The van der Waals surface area contributed by atoms with Crippen LogP contribution in [0.5, 0.6) is 0 Å². The summed E-state index contributed by atoms with van der Waals surface area (Å²) in [5.74, 6) is 1.52. The third kappa shape index (κ3) is 3.43. The van der Waals surface area contributed by atoms with Crippen LogP contribution in [-0.4, -0.2) is 19.3 Å². The highest BCUT2D eigenvalue weighted by molar-refractivity contribution is 8.00. The summed E-state index contributed by atoms with van der Waals surface area (Å²) in [5.41, 5.74) is 0.747. The lowest BCUT2D eigenvalue weighted by atomic mass is 9.96. The maximum absolute atomic E-state index is 6.20. The van der Waals surface area contributed by atoms with Gasteiger partial charge in [-0.05, 0) is 37.1 Å². The van der Waals surface area contributed by atoms with Gasteiger partial charge in [0, 0.05) is 11.0 Å². The van der Waals surface area contributed by atoms with E-state index in [2.05, 4.69) is 40.1 Å². The Hall–Kier alpha value is -0.720. The molecule has 2 aromatic heterocycles. The maximum atomic E-state index is 6.20. The molecule has 2 aromatic rings. The summed E-state index contributed by atoms with van der Waals surface area (Å²) in [6.07, 6.45) is 0. The molecule has 0 saturated carbocycles. The molecule has 19 heavy (non-hydrogen) atoms. The van der Waals surface area contributed by atoms with Gasteiger partial charge < -0.3 is 0 Å². The van der Waals surface area contributed by atoms with E-state index in [0.717, 1.165) is 26.6 Å². The lowest BCUT2D eigenvalue weighted by Crippen LogP contribution is -2.17. The Morgan fingerprint density at radius 2 is 1.79 bits per heavy atom. The zero-order valence-corrected chi connectivity index (χ0v) is 13.9. The van der Waals surface area contributed by atoms with Gasteiger partial charge >= 0.3 is 0 Å². The standard InChI is InChI=1S/C12H15ClN4S2/c1-6-8(13)15-10(12(3,4)5)16-9(6)18-11-14-7(2)17-19-11/h1-5H3. The number of aromatic nitrogens is 4. The summed E-state index contributed by atoms with van der Waals surface area (Å²) >= 11 is 9.06. The highest BCUT2D eigenvalue weighted by Gasteiger charge is 2.21. The minimum absolute atomic E-state index is 0.135. The summed E-state index contributed by atoms with van der Waals surface area (Å²) in [7, 11) is 0. The third-order valence-electron chi connectivity index (χ3n) is 2.41. The van der Waals surface area contributed by atoms with E-state index in [1.807, 2.05) is 13.8 Å². The van der Waals surface area contributed by atoms with Crippen LogP contribution < -0.4 is 0 Å². The molecule has 0 amide bonds. The first-order valence-electron chi connectivity index (χ1n) is 5.80. The highest BCUT2D eigenvalue weighted by Crippen LogP contribution is 2.33. The Kier molecular flexibility index (Phi) is 4.13. The molecule has 0 fully saturated rings. The van der Waals surface area contributed by atoms with E-state index in [0.29, 0.717) is 5.15 Å². The van der Waals surface area contributed by atoms with Crippen molar-refractivity contribution >= 4 is 34.9 Å². The molecule has 0 aliphatic heterocycles. The molecule has 2 heterocycles. The van der Waals surface area contributed by atoms with Crippen molar-refractivity contribution in [3.63, 3.8) is 0 Å². The van der Waals surface area contributed by atoms with Crippen LogP contribution in [-0.2, 0) is 5.41 Å². The monoisotopic (exact) mass is 314 g/mol. The number of hydrogen-bond acceptors (Lipinski definition) is 6. The molecule has 0 radical (unpaired) electrons. The quantitative estimate of drug-likeness (QED) is 0.783. The molecule has 0 aliphatic rings. The second-order valence-corrected chi connectivity index (χ2v) is 7.57. The van der Waals surface area contributed by atoms with Crippen molar-refractivity contribution in [2.45, 2.75) is 49.4 Å². The number of aryl methyl sites for hydroxylation is 1. The van der Waals surface area contributed by atoms with Gasteiger partial charge in [-0.15, -0.1) is 0 Å². The maximum Gasteiger partial charge on any atom is 0.176 e. The fourth-order valence-electron chi connectivity index (χ4n) is 1.31. The first kappa shape index (κ1) is 14.7. The van der Waals surface area contributed by atoms with Crippen molar-refractivity contribution in [2.75, 3.05) is 0 Å². The lowest BCUT2D eigenvalue weighted by molar-refractivity contribution is 0.537. The van der Waals surface area contributed by atoms with Gasteiger partial charge in [0.05, 0.1) is 0 Å². The molecule has 0 N–H and O–H groups in total. The van der Waals surface area contributed by atoms with Crippen molar-refractivity contribution in [1.82, 2.24) is 19.3 Å². The minimum Gasteiger partial charge on any atom is -0.225 e. The molecule has 102 valence electrons. The van der Waals surface area contributed by atoms with Crippen molar-refractivity contribution in [1.29, 1.82) is 0 Å². The van der Waals surface area contributed by atoms with E-state index in [1.54, 1.807) is 0 Å². The fraction of sp³-hybridized carbons (Fsp3) is 0.500. The molecular formula is C12H15ClN4S2. The third-order valence-corrected chi connectivity index (χ3v) is 4.71. The number of nitrogens with zero attached hydrogens (tertiary/aromatic N) is 4. The van der Waals surface area contributed by atoms with Gasteiger partial charge in [0.15, 0.2) is 4.34 Å². The second kappa shape index (κ2) is 5.34.